The maximum Gasteiger partial charge on any atom is 0.291 e. The lowest BCUT2D eigenvalue weighted by atomic mass is 10.3. The van der Waals surface area contributed by atoms with Crippen LogP contribution in [-0.2, 0) is 18.1 Å². The van der Waals surface area contributed by atoms with Crippen molar-refractivity contribution in [2.24, 2.45) is 0 Å². The van der Waals surface area contributed by atoms with E-state index in [-0.39, 0.29) is 18.3 Å². The van der Waals surface area contributed by atoms with Crippen LogP contribution in [0.1, 0.15) is 30.2 Å². The van der Waals surface area contributed by atoms with Gasteiger partial charge in [0.15, 0.2) is 5.76 Å². The molecule has 1 N–H and O–H groups in total. The molecule has 0 aliphatic carbocycles. The molecule has 3 aromatic rings. The van der Waals surface area contributed by atoms with Gasteiger partial charge < -0.3 is 23.9 Å². The number of rotatable bonds is 10. The Morgan fingerprint density at radius 3 is 2.54 bits per heavy atom. The number of amides is 1. The van der Waals surface area contributed by atoms with Gasteiger partial charge in [-0.1, -0.05) is 0 Å². The molecule has 0 atom stereocenters. The molecule has 3 rings (SSSR count). The summed E-state index contributed by atoms with van der Waals surface area (Å²) in [6.07, 6.45) is 3.24. The van der Waals surface area contributed by atoms with Crippen LogP contribution in [0, 0.1) is 0 Å². The summed E-state index contributed by atoms with van der Waals surface area (Å²) in [7, 11) is 0. The molecule has 8 heteroatoms. The second-order valence-electron chi connectivity index (χ2n) is 5.80. The molecule has 0 fully saturated rings. The molecule has 28 heavy (non-hydrogen) atoms. The molecule has 1 aromatic carbocycles. The second kappa shape index (κ2) is 9.61. The first-order valence-corrected chi connectivity index (χ1v) is 9.04. The zero-order valence-electron chi connectivity index (χ0n) is 15.9. The number of carbonyl (C=O) groups is 1. The number of ether oxygens (including phenoxy) is 3. The van der Waals surface area contributed by atoms with Gasteiger partial charge in [-0.05, 0) is 50.2 Å². The zero-order chi connectivity index (χ0) is 19.8. The first kappa shape index (κ1) is 19.5. The number of benzene rings is 1. The molecule has 148 valence electrons. The summed E-state index contributed by atoms with van der Waals surface area (Å²) in [6.45, 7) is 5.59. The van der Waals surface area contributed by atoms with Crippen LogP contribution in [-0.4, -0.2) is 28.9 Å². The van der Waals surface area contributed by atoms with E-state index in [0.29, 0.717) is 37.1 Å². The Bertz CT molecular complexity index is 885. The number of aromatic nitrogens is 2. The van der Waals surface area contributed by atoms with E-state index in [1.54, 1.807) is 29.2 Å². The van der Waals surface area contributed by atoms with Crippen molar-refractivity contribution in [1.29, 1.82) is 0 Å². The Hall–Kier alpha value is -3.26. The largest absolute Gasteiger partial charge is 0.494 e. The van der Waals surface area contributed by atoms with Crippen LogP contribution in [0.5, 0.6) is 11.5 Å². The van der Waals surface area contributed by atoms with Crippen molar-refractivity contribution in [3.05, 3.63) is 60.3 Å². The van der Waals surface area contributed by atoms with Crippen molar-refractivity contribution >= 4 is 11.6 Å². The lowest BCUT2D eigenvalue weighted by molar-refractivity contribution is 0.0792. The van der Waals surface area contributed by atoms with E-state index in [1.165, 1.54) is 0 Å². The predicted molar refractivity (Wildman–Crippen MR) is 102 cm³/mol. The number of anilines is 1. The maximum absolute atomic E-state index is 12.3. The summed E-state index contributed by atoms with van der Waals surface area (Å²) in [5, 5.41) is 6.84. The van der Waals surface area contributed by atoms with Crippen molar-refractivity contribution in [2.75, 3.05) is 18.5 Å². The Morgan fingerprint density at radius 1 is 1.07 bits per heavy atom. The van der Waals surface area contributed by atoms with E-state index in [2.05, 4.69) is 10.4 Å². The minimum Gasteiger partial charge on any atom is -0.494 e. The van der Waals surface area contributed by atoms with E-state index in [9.17, 15) is 4.79 Å². The smallest absolute Gasteiger partial charge is 0.291 e. The minimum absolute atomic E-state index is 0.197. The van der Waals surface area contributed by atoms with Gasteiger partial charge in [-0.25, -0.2) is 4.68 Å². The molecule has 2 aromatic heterocycles. The van der Waals surface area contributed by atoms with Gasteiger partial charge in [0.1, 0.15) is 30.6 Å². The summed E-state index contributed by atoms with van der Waals surface area (Å²) in [5.74, 6) is 1.86. The lowest BCUT2D eigenvalue weighted by Gasteiger charge is -2.06. The third-order valence-corrected chi connectivity index (χ3v) is 3.72. The number of nitrogens with one attached hydrogen (secondary N) is 1. The van der Waals surface area contributed by atoms with Crippen LogP contribution in [0.2, 0.25) is 0 Å². The molecule has 2 heterocycles. The fourth-order valence-corrected chi connectivity index (χ4v) is 2.41. The Morgan fingerprint density at radius 2 is 1.82 bits per heavy atom. The van der Waals surface area contributed by atoms with E-state index in [0.717, 1.165) is 5.75 Å². The standard InChI is InChI=1S/C20H23N3O5/c1-3-25-14-23-12-15(11-21-23)22-20(24)19-10-9-18(28-19)13-27-17-7-5-16(6-8-17)26-4-2/h5-12H,3-4,13-14H2,1-2H3,(H,22,24). The van der Waals surface area contributed by atoms with Crippen molar-refractivity contribution in [3.8, 4) is 11.5 Å². The highest BCUT2D eigenvalue weighted by atomic mass is 16.5. The van der Waals surface area contributed by atoms with E-state index < -0.39 is 0 Å². The number of hydrogen-bond acceptors (Lipinski definition) is 6. The minimum atomic E-state index is -0.358. The molecule has 8 nitrogen and oxygen atoms in total. The van der Waals surface area contributed by atoms with E-state index >= 15 is 0 Å². The van der Waals surface area contributed by atoms with Gasteiger partial charge in [0.25, 0.3) is 5.91 Å². The van der Waals surface area contributed by atoms with Crippen LogP contribution in [0.4, 0.5) is 5.69 Å². The molecule has 0 aliphatic rings. The number of furan rings is 1. The third-order valence-electron chi connectivity index (χ3n) is 3.72. The van der Waals surface area contributed by atoms with Gasteiger partial charge in [-0.15, -0.1) is 0 Å². The van der Waals surface area contributed by atoms with Gasteiger partial charge in [-0.3, -0.25) is 4.79 Å². The summed E-state index contributed by atoms with van der Waals surface area (Å²) in [5.41, 5.74) is 0.563. The fourth-order valence-electron chi connectivity index (χ4n) is 2.41. The first-order chi connectivity index (χ1) is 13.7. The maximum atomic E-state index is 12.3. The lowest BCUT2D eigenvalue weighted by Crippen LogP contribution is -2.10. The number of nitrogens with zero attached hydrogens (tertiary/aromatic N) is 2. The highest BCUT2D eigenvalue weighted by Crippen LogP contribution is 2.19. The van der Waals surface area contributed by atoms with E-state index in [1.807, 2.05) is 38.1 Å². The normalized spacial score (nSPS) is 10.6. The van der Waals surface area contributed by atoms with Crippen molar-refractivity contribution < 1.29 is 23.4 Å². The summed E-state index contributed by atoms with van der Waals surface area (Å²) >= 11 is 0. The number of hydrogen-bond donors (Lipinski definition) is 1. The van der Waals surface area contributed by atoms with Crippen LogP contribution in [0.15, 0.2) is 53.2 Å². The van der Waals surface area contributed by atoms with Crippen LogP contribution in [0.25, 0.3) is 0 Å². The first-order valence-electron chi connectivity index (χ1n) is 9.04. The highest BCUT2D eigenvalue weighted by molar-refractivity contribution is 6.02. The molecule has 0 aliphatic heterocycles. The molecule has 1 amide bonds. The molecular weight excluding hydrogens is 362 g/mol. The fraction of sp³-hybridized carbons (Fsp3) is 0.300. The van der Waals surface area contributed by atoms with Crippen molar-refractivity contribution in [1.82, 2.24) is 9.78 Å². The van der Waals surface area contributed by atoms with E-state index in [4.69, 9.17) is 18.6 Å². The van der Waals surface area contributed by atoms with Crippen molar-refractivity contribution in [2.45, 2.75) is 27.2 Å². The van der Waals surface area contributed by atoms with Gasteiger partial charge in [0, 0.05) is 6.61 Å². The van der Waals surface area contributed by atoms with Crippen LogP contribution in [0.3, 0.4) is 0 Å². The Kier molecular flexibility index (Phi) is 6.69. The monoisotopic (exact) mass is 385 g/mol. The predicted octanol–water partition coefficient (Wildman–Crippen LogP) is 3.70. The van der Waals surface area contributed by atoms with Crippen LogP contribution < -0.4 is 14.8 Å². The molecule has 0 radical (unpaired) electrons. The molecule has 0 spiro atoms. The highest BCUT2D eigenvalue weighted by Gasteiger charge is 2.13. The third kappa shape index (κ3) is 5.37. The summed E-state index contributed by atoms with van der Waals surface area (Å²) in [4.78, 5) is 12.3. The van der Waals surface area contributed by atoms with Gasteiger partial charge >= 0.3 is 0 Å². The van der Waals surface area contributed by atoms with Gasteiger partial charge in [-0.2, -0.15) is 5.10 Å². The molecule has 0 saturated carbocycles. The van der Waals surface area contributed by atoms with Gasteiger partial charge in [0.05, 0.1) is 24.7 Å². The molecule has 0 bridgehead atoms. The van der Waals surface area contributed by atoms with Crippen LogP contribution >= 0.6 is 0 Å². The average molecular weight is 385 g/mol. The Labute approximate surface area is 163 Å². The van der Waals surface area contributed by atoms with Crippen molar-refractivity contribution in [3.63, 3.8) is 0 Å². The second-order valence-corrected chi connectivity index (χ2v) is 5.80. The van der Waals surface area contributed by atoms with Gasteiger partial charge in [0.2, 0.25) is 0 Å². The molecular formula is C20H23N3O5. The topological polar surface area (TPSA) is 87.8 Å². The number of carbonyl (C=O) groups excluding carboxylic acids is 1. The molecule has 0 saturated heterocycles. The Balaban J connectivity index is 1.51. The molecule has 0 unspecified atom stereocenters. The zero-order valence-corrected chi connectivity index (χ0v) is 15.9. The quantitative estimate of drug-likeness (QED) is 0.573. The average Bonchev–Trinajstić information content (AvgIpc) is 3.35. The SMILES string of the molecule is CCOCn1cc(NC(=O)c2ccc(COc3ccc(OCC)cc3)o2)cn1. The summed E-state index contributed by atoms with van der Waals surface area (Å²) < 4.78 is 23.5. The summed E-state index contributed by atoms with van der Waals surface area (Å²) in [6, 6.07) is 10.6.